The number of hydrogen-bond donors (Lipinski definition) is 1. The van der Waals surface area contributed by atoms with Crippen molar-refractivity contribution in [1.29, 1.82) is 0 Å². The van der Waals surface area contributed by atoms with Gasteiger partial charge in [-0.3, -0.25) is 0 Å². The minimum absolute atomic E-state index is 0.212. The minimum atomic E-state index is 0.212. The first-order valence-electron chi connectivity index (χ1n) is 5.41. The van der Waals surface area contributed by atoms with E-state index in [2.05, 4.69) is 18.0 Å². The summed E-state index contributed by atoms with van der Waals surface area (Å²) in [6.45, 7) is 4.82. The van der Waals surface area contributed by atoms with E-state index in [4.69, 9.17) is 9.47 Å². The Morgan fingerprint density at radius 1 is 1.31 bits per heavy atom. The molecule has 0 fully saturated rings. The monoisotopic (exact) mass is 219 g/mol. The van der Waals surface area contributed by atoms with Gasteiger partial charge in [-0.2, -0.15) is 0 Å². The van der Waals surface area contributed by atoms with Crippen molar-refractivity contribution in [3.05, 3.63) is 35.9 Å². The fraction of sp³-hybridized carbons (Fsp3) is 0.385. The fourth-order valence-electron chi connectivity index (χ4n) is 2.13. The fourth-order valence-corrected chi connectivity index (χ4v) is 2.13. The Bertz CT molecular complexity index is 401. The van der Waals surface area contributed by atoms with Crippen LogP contribution in [-0.2, 0) is 6.42 Å². The number of hydrogen-bond acceptors (Lipinski definition) is 3. The van der Waals surface area contributed by atoms with Gasteiger partial charge >= 0.3 is 0 Å². The highest BCUT2D eigenvalue weighted by Crippen LogP contribution is 2.35. The molecule has 1 aromatic rings. The molecule has 1 atom stereocenters. The molecule has 1 heterocycles. The second-order valence-electron chi connectivity index (χ2n) is 3.82. The third-order valence-electron chi connectivity index (χ3n) is 2.97. The summed E-state index contributed by atoms with van der Waals surface area (Å²) in [6.07, 6.45) is 2.93. The zero-order valence-electron chi connectivity index (χ0n) is 9.75. The van der Waals surface area contributed by atoms with Gasteiger partial charge in [-0.1, -0.05) is 6.08 Å². The summed E-state index contributed by atoms with van der Waals surface area (Å²) in [4.78, 5) is 0. The normalized spacial score (nSPS) is 18.8. The highest BCUT2D eigenvalue weighted by Gasteiger charge is 2.20. The molecule has 0 amide bonds. The Balaban J connectivity index is 2.50. The van der Waals surface area contributed by atoms with E-state index in [0.29, 0.717) is 0 Å². The highest BCUT2D eigenvalue weighted by molar-refractivity contribution is 5.50. The summed E-state index contributed by atoms with van der Waals surface area (Å²) in [6, 6.07) is 4.31. The first-order chi connectivity index (χ1) is 7.80. The van der Waals surface area contributed by atoms with Crippen molar-refractivity contribution in [1.82, 2.24) is 5.32 Å². The van der Waals surface area contributed by atoms with Gasteiger partial charge in [-0.25, -0.2) is 0 Å². The van der Waals surface area contributed by atoms with Crippen molar-refractivity contribution in [2.45, 2.75) is 12.5 Å². The van der Waals surface area contributed by atoms with Crippen LogP contribution in [-0.4, -0.2) is 20.8 Å². The Morgan fingerprint density at radius 2 is 2.00 bits per heavy atom. The van der Waals surface area contributed by atoms with Crippen LogP contribution in [0.2, 0.25) is 0 Å². The first-order valence-corrected chi connectivity index (χ1v) is 5.41. The van der Waals surface area contributed by atoms with Crippen LogP contribution in [0.1, 0.15) is 17.2 Å². The molecule has 0 radical (unpaired) electrons. The van der Waals surface area contributed by atoms with Crippen molar-refractivity contribution < 1.29 is 9.47 Å². The molecule has 0 aliphatic carbocycles. The Hall–Kier alpha value is -1.48. The van der Waals surface area contributed by atoms with Crippen molar-refractivity contribution in [3.63, 3.8) is 0 Å². The Morgan fingerprint density at radius 3 is 2.62 bits per heavy atom. The second-order valence-corrected chi connectivity index (χ2v) is 3.82. The lowest BCUT2D eigenvalue weighted by atomic mass is 9.93. The maximum atomic E-state index is 5.31. The molecular formula is C13H17NO2. The zero-order valence-corrected chi connectivity index (χ0v) is 9.75. The van der Waals surface area contributed by atoms with E-state index in [-0.39, 0.29) is 6.04 Å². The molecule has 1 aliphatic rings. The largest absolute Gasteiger partial charge is 0.493 e. The topological polar surface area (TPSA) is 30.5 Å². The average Bonchev–Trinajstić information content (AvgIpc) is 2.36. The van der Waals surface area contributed by atoms with E-state index in [1.54, 1.807) is 14.2 Å². The number of ether oxygens (including phenoxy) is 2. The van der Waals surface area contributed by atoms with E-state index in [1.165, 1.54) is 11.1 Å². The van der Waals surface area contributed by atoms with Gasteiger partial charge in [-0.05, 0) is 29.7 Å². The van der Waals surface area contributed by atoms with Gasteiger partial charge in [0.25, 0.3) is 0 Å². The Labute approximate surface area is 96.1 Å². The SMILES string of the molecule is C=CC1NCCc2cc(OC)c(OC)cc21. The summed E-state index contributed by atoms with van der Waals surface area (Å²) in [5.74, 6) is 1.57. The van der Waals surface area contributed by atoms with E-state index in [0.717, 1.165) is 24.5 Å². The smallest absolute Gasteiger partial charge is 0.161 e. The van der Waals surface area contributed by atoms with E-state index >= 15 is 0 Å². The molecule has 86 valence electrons. The lowest BCUT2D eigenvalue weighted by Crippen LogP contribution is -2.28. The molecule has 1 N–H and O–H groups in total. The van der Waals surface area contributed by atoms with E-state index in [9.17, 15) is 0 Å². The number of benzene rings is 1. The van der Waals surface area contributed by atoms with Gasteiger partial charge in [0.15, 0.2) is 11.5 Å². The Kier molecular flexibility index (Phi) is 3.15. The van der Waals surface area contributed by atoms with Crippen LogP contribution in [0.4, 0.5) is 0 Å². The van der Waals surface area contributed by atoms with Gasteiger partial charge in [0, 0.05) is 6.54 Å². The summed E-state index contributed by atoms with van der Waals surface area (Å²) >= 11 is 0. The van der Waals surface area contributed by atoms with Gasteiger partial charge in [-0.15, -0.1) is 6.58 Å². The predicted octanol–water partition coefficient (Wildman–Crippen LogP) is 2.08. The van der Waals surface area contributed by atoms with Crippen LogP contribution in [0.5, 0.6) is 11.5 Å². The van der Waals surface area contributed by atoms with E-state index < -0.39 is 0 Å². The molecule has 0 spiro atoms. The van der Waals surface area contributed by atoms with E-state index in [1.807, 2.05) is 12.1 Å². The van der Waals surface area contributed by atoms with Crippen LogP contribution >= 0.6 is 0 Å². The van der Waals surface area contributed by atoms with Crippen molar-refractivity contribution in [2.24, 2.45) is 0 Å². The lowest BCUT2D eigenvalue weighted by molar-refractivity contribution is 0.353. The second kappa shape index (κ2) is 4.58. The van der Waals surface area contributed by atoms with Crippen LogP contribution < -0.4 is 14.8 Å². The summed E-state index contributed by atoms with van der Waals surface area (Å²) in [5.41, 5.74) is 2.54. The van der Waals surface area contributed by atoms with Gasteiger partial charge < -0.3 is 14.8 Å². The number of rotatable bonds is 3. The molecule has 3 nitrogen and oxygen atoms in total. The molecule has 0 saturated heterocycles. The highest BCUT2D eigenvalue weighted by atomic mass is 16.5. The molecule has 2 rings (SSSR count). The third kappa shape index (κ3) is 1.78. The van der Waals surface area contributed by atoms with Crippen molar-refractivity contribution in [3.8, 4) is 11.5 Å². The van der Waals surface area contributed by atoms with Crippen LogP contribution in [0.25, 0.3) is 0 Å². The standard InChI is InChI=1S/C13H17NO2/c1-4-11-10-8-13(16-3)12(15-2)7-9(10)5-6-14-11/h4,7-8,11,14H,1,5-6H2,2-3H3. The first kappa shape index (κ1) is 11.0. The number of methoxy groups -OCH3 is 2. The number of nitrogens with one attached hydrogen (secondary N) is 1. The maximum Gasteiger partial charge on any atom is 0.161 e. The molecule has 3 heteroatoms. The van der Waals surface area contributed by atoms with Gasteiger partial charge in [0.05, 0.1) is 20.3 Å². The average molecular weight is 219 g/mol. The summed E-state index contributed by atoms with van der Waals surface area (Å²) < 4.78 is 10.6. The maximum absolute atomic E-state index is 5.31. The van der Waals surface area contributed by atoms with Crippen molar-refractivity contribution >= 4 is 0 Å². The number of fused-ring (bicyclic) bond motifs is 1. The lowest BCUT2D eigenvalue weighted by Gasteiger charge is -2.25. The van der Waals surface area contributed by atoms with Gasteiger partial charge in [0.1, 0.15) is 0 Å². The molecule has 0 aromatic heterocycles. The molecule has 16 heavy (non-hydrogen) atoms. The molecule has 1 unspecified atom stereocenters. The van der Waals surface area contributed by atoms with Crippen LogP contribution in [0.15, 0.2) is 24.8 Å². The molecular weight excluding hydrogens is 202 g/mol. The minimum Gasteiger partial charge on any atom is -0.493 e. The molecule has 1 aliphatic heterocycles. The van der Waals surface area contributed by atoms with Crippen molar-refractivity contribution in [2.75, 3.05) is 20.8 Å². The van der Waals surface area contributed by atoms with Crippen LogP contribution in [0, 0.1) is 0 Å². The van der Waals surface area contributed by atoms with Crippen LogP contribution in [0.3, 0.4) is 0 Å². The molecule has 0 saturated carbocycles. The molecule has 0 bridgehead atoms. The summed E-state index contributed by atoms with van der Waals surface area (Å²) in [5, 5.41) is 3.40. The predicted molar refractivity (Wildman–Crippen MR) is 64.2 cm³/mol. The zero-order chi connectivity index (χ0) is 11.5. The third-order valence-corrected chi connectivity index (χ3v) is 2.97. The molecule has 1 aromatic carbocycles. The van der Waals surface area contributed by atoms with Gasteiger partial charge in [0.2, 0.25) is 0 Å². The quantitative estimate of drug-likeness (QED) is 0.789. The summed E-state index contributed by atoms with van der Waals surface area (Å²) in [7, 11) is 3.32.